The predicted molar refractivity (Wildman–Crippen MR) is 107 cm³/mol. The van der Waals surface area contributed by atoms with E-state index in [4.69, 9.17) is 16.3 Å². The molecule has 2 aromatic rings. The van der Waals surface area contributed by atoms with Crippen LogP contribution < -0.4 is 9.64 Å². The molecule has 144 valence electrons. The minimum Gasteiger partial charge on any atom is -0.478 e. The molecular formula is C20H25ClN4O2. The van der Waals surface area contributed by atoms with Gasteiger partial charge in [-0.15, -0.1) is 0 Å². The van der Waals surface area contributed by atoms with Crippen LogP contribution in [0.15, 0.2) is 30.3 Å². The Morgan fingerprint density at radius 1 is 1.15 bits per heavy atom. The topological polar surface area (TPSA) is 58.6 Å². The molecule has 1 fully saturated rings. The number of benzene rings is 1. The number of rotatable bonds is 6. The number of aromatic nitrogens is 2. The standard InChI is InChI=1S/C20H25ClN4O2/c1-3-12-27-19-14-18(22-15(2)23-19)24-8-10-25(11-9-24)20(26)13-16-4-6-17(21)7-5-16/h4-7,14H,3,8-13H2,1-2H3. The second kappa shape index (κ2) is 9.04. The Kier molecular flexibility index (Phi) is 6.50. The van der Waals surface area contributed by atoms with E-state index >= 15 is 0 Å². The number of nitrogens with zero attached hydrogens (tertiary/aromatic N) is 4. The number of anilines is 1. The average molecular weight is 389 g/mol. The zero-order valence-electron chi connectivity index (χ0n) is 15.8. The van der Waals surface area contributed by atoms with Gasteiger partial charge in [0.05, 0.1) is 13.0 Å². The zero-order chi connectivity index (χ0) is 19.2. The van der Waals surface area contributed by atoms with E-state index in [0.29, 0.717) is 42.8 Å². The second-order valence-corrected chi connectivity index (χ2v) is 7.07. The summed E-state index contributed by atoms with van der Waals surface area (Å²) in [4.78, 5) is 25.5. The first-order valence-corrected chi connectivity index (χ1v) is 9.68. The summed E-state index contributed by atoms with van der Waals surface area (Å²) in [6.45, 7) is 7.43. The Bertz CT molecular complexity index is 774. The molecule has 0 saturated carbocycles. The van der Waals surface area contributed by atoms with E-state index in [-0.39, 0.29) is 5.91 Å². The Labute approximate surface area is 165 Å². The molecule has 6 nitrogen and oxygen atoms in total. The van der Waals surface area contributed by atoms with Crippen LogP contribution >= 0.6 is 11.6 Å². The molecule has 0 atom stereocenters. The zero-order valence-corrected chi connectivity index (χ0v) is 16.6. The van der Waals surface area contributed by atoms with Crippen molar-refractivity contribution in [2.45, 2.75) is 26.7 Å². The van der Waals surface area contributed by atoms with Crippen molar-refractivity contribution in [2.24, 2.45) is 0 Å². The van der Waals surface area contributed by atoms with Gasteiger partial charge in [0.25, 0.3) is 0 Å². The van der Waals surface area contributed by atoms with Gasteiger partial charge in [0.2, 0.25) is 11.8 Å². The molecule has 1 aliphatic heterocycles. The van der Waals surface area contributed by atoms with Crippen LogP contribution in [0.5, 0.6) is 5.88 Å². The van der Waals surface area contributed by atoms with E-state index in [2.05, 4.69) is 21.8 Å². The number of amides is 1. The first-order chi connectivity index (χ1) is 13.0. The molecule has 27 heavy (non-hydrogen) atoms. The molecule has 1 amide bonds. The fraction of sp³-hybridized carbons (Fsp3) is 0.450. The number of hydrogen-bond donors (Lipinski definition) is 0. The van der Waals surface area contributed by atoms with Crippen LogP contribution in [-0.4, -0.2) is 53.6 Å². The molecule has 0 bridgehead atoms. The van der Waals surface area contributed by atoms with Gasteiger partial charge in [0.15, 0.2) is 0 Å². The summed E-state index contributed by atoms with van der Waals surface area (Å²) in [6.07, 6.45) is 1.34. The van der Waals surface area contributed by atoms with E-state index in [1.165, 1.54) is 0 Å². The fourth-order valence-corrected chi connectivity index (χ4v) is 3.17. The molecule has 1 aromatic carbocycles. The number of carbonyl (C=O) groups excluding carboxylic acids is 1. The van der Waals surface area contributed by atoms with E-state index in [0.717, 1.165) is 30.9 Å². The largest absolute Gasteiger partial charge is 0.478 e. The maximum Gasteiger partial charge on any atom is 0.227 e. The number of ether oxygens (including phenoxy) is 1. The summed E-state index contributed by atoms with van der Waals surface area (Å²) in [5, 5.41) is 0.683. The SMILES string of the molecule is CCCOc1cc(N2CCN(C(=O)Cc3ccc(Cl)cc3)CC2)nc(C)n1. The monoisotopic (exact) mass is 388 g/mol. The van der Waals surface area contributed by atoms with Crippen molar-refractivity contribution in [1.82, 2.24) is 14.9 Å². The third kappa shape index (κ3) is 5.32. The maximum atomic E-state index is 12.6. The molecule has 0 spiro atoms. The lowest BCUT2D eigenvalue weighted by atomic mass is 10.1. The third-order valence-corrected chi connectivity index (χ3v) is 4.73. The van der Waals surface area contributed by atoms with Gasteiger partial charge in [-0.05, 0) is 31.0 Å². The molecule has 1 aromatic heterocycles. The second-order valence-electron chi connectivity index (χ2n) is 6.63. The molecule has 0 N–H and O–H groups in total. The van der Waals surface area contributed by atoms with Gasteiger partial charge >= 0.3 is 0 Å². The first-order valence-electron chi connectivity index (χ1n) is 9.31. The number of carbonyl (C=O) groups is 1. The highest BCUT2D eigenvalue weighted by atomic mass is 35.5. The van der Waals surface area contributed by atoms with E-state index in [1.54, 1.807) is 0 Å². The van der Waals surface area contributed by atoms with Crippen molar-refractivity contribution in [3.05, 3.63) is 46.7 Å². The van der Waals surface area contributed by atoms with Gasteiger partial charge in [-0.2, -0.15) is 4.98 Å². The van der Waals surface area contributed by atoms with Gasteiger partial charge in [-0.25, -0.2) is 4.98 Å². The minimum atomic E-state index is 0.141. The number of halogens is 1. The van der Waals surface area contributed by atoms with Gasteiger partial charge in [0.1, 0.15) is 11.6 Å². The van der Waals surface area contributed by atoms with Crippen LogP contribution in [-0.2, 0) is 11.2 Å². The molecule has 3 rings (SSSR count). The van der Waals surface area contributed by atoms with Gasteiger partial charge in [0, 0.05) is 37.3 Å². The lowest BCUT2D eigenvalue weighted by molar-refractivity contribution is -0.130. The summed E-state index contributed by atoms with van der Waals surface area (Å²) in [6, 6.07) is 9.32. The highest BCUT2D eigenvalue weighted by Gasteiger charge is 2.22. The van der Waals surface area contributed by atoms with Crippen molar-refractivity contribution in [2.75, 3.05) is 37.7 Å². The lowest BCUT2D eigenvalue weighted by Crippen LogP contribution is -2.49. The molecule has 0 aliphatic carbocycles. The summed E-state index contributed by atoms with van der Waals surface area (Å²) in [5.41, 5.74) is 0.982. The molecule has 2 heterocycles. The maximum absolute atomic E-state index is 12.6. The van der Waals surface area contributed by atoms with Crippen LogP contribution in [0.25, 0.3) is 0 Å². The smallest absolute Gasteiger partial charge is 0.227 e. The Hall–Kier alpha value is -2.34. The van der Waals surface area contributed by atoms with E-state index in [1.807, 2.05) is 42.2 Å². The van der Waals surface area contributed by atoms with Gasteiger partial charge in [-0.3, -0.25) is 4.79 Å². The Balaban J connectivity index is 1.57. The molecule has 1 aliphatic rings. The van der Waals surface area contributed by atoms with Crippen molar-refractivity contribution >= 4 is 23.3 Å². The van der Waals surface area contributed by atoms with Crippen molar-refractivity contribution < 1.29 is 9.53 Å². The fourth-order valence-electron chi connectivity index (χ4n) is 3.04. The first kappa shape index (κ1) is 19.4. The summed E-state index contributed by atoms with van der Waals surface area (Å²) < 4.78 is 5.65. The van der Waals surface area contributed by atoms with Crippen molar-refractivity contribution in [3.8, 4) is 5.88 Å². The molecule has 0 unspecified atom stereocenters. The minimum absolute atomic E-state index is 0.141. The average Bonchev–Trinajstić information content (AvgIpc) is 2.68. The Morgan fingerprint density at radius 2 is 1.85 bits per heavy atom. The summed E-state index contributed by atoms with van der Waals surface area (Å²) in [5.74, 6) is 2.31. The highest BCUT2D eigenvalue weighted by Crippen LogP contribution is 2.20. The third-order valence-electron chi connectivity index (χ3n) is 4.48. The van der Waals surface area contributed by atoms with Crippen LogP contribution in [0.1, 0.15) is 24.7 Å². The van der Waals surface area contributed by atoms with Crippen LogP contribution in [0.3, 0.4) is 0 Å². The molecule has 7 heteroatoms. The summed E-state index contributed by atoms with van der Waals surface area (Å²) >= 11 is 5.90. The number of aryl methyl sites for hydroxylation is 1. The van der Waals surface area contributed by atoms with Crippen LogP contribution in [0.2, 0.25) is 5.02 Å². The van der Waals surface area contributed by atoms with E-state index < -0.39 is 0 Å². The molecular weight excluding hydrogens is 364 g/mol. The highest BCUT2D eigenvalue weighted by molar-refractivity contribution is 6.30. The normalized spacial score (nSPS) is 14.3. The summed E-state index contributed by atoms with van der Waals surface area (Å²) in [7, 11) is 0. The lowest BCUT2D eigenvalue weighted by Gasteiger charge is -2.35. The quantitative estimate of drug-likeness (QED) is 0.761. The Morgan fingerprint density at radius 3 is 2.52 bits per heavy atom. The molecule has 0 radical (unpaired) electrons. The molecule has 1 saturated heterocycles. The van der Waals surface area contributed by atoms with Crippen LogP contribution in [0.4, 0.5) is 5.82 Å². The van der Waals surface area contributed by atoms with Gasteiger partial charge < -0.3 is 14.5 Å². The van der Waals surface area contributed by atoms with Crippen molar-refractivity contribution in [1.29, 1.82) is 0 Å². The van der Waals surface area contributed by atoms with E-state index in [9.17, 15) is 4.79 Å². The van der Waals surface area contributed by atoms with Gasteiger partial charge in [-0.1, -0.05) is 30.7 Å². The number of piperazine rings is 1. The number of hydrogen-bond acceptors (Lipinski definition) is 5. The van der Waals surface area contributed by atoms with Crippen molar-refractivity contribution in [3.63, 3.8) is 0 Å². The van der Waals surface area contributed by atoms with Crippen LogP contribution in [0, 0.1) is 6.92 Å². The predicted octanol–water partition coefficient (Wildman–Crippen LogP) is 3.12.